The molecule has 4 heteroatoms. The summed E-state index contributed by atoms with van der Waals surface area (Å²) in [5.41, 5.74) is 1.70. The largest absolute Gasteiger partial charge is 0.368 e. The van der Waals surface area contributed by atoms with Gasteiger partial charge in [0.2, 0.25) is 5.91 Å². The first-order valence-corrected chi connectivity index (χ1v) is 6.70. The number of carbonyl (C=O) groups excluding carboxylic acids is 1. The molecule has 1 aromatic heterocycles. The number of hydrogen-bond donors (Lipinski definition) is 2. The third kappa shape index (κ3) is 4.39. The van der Waals surface area contributed by atoms with Crippen LogP contribution in [0, 0.1) is 0 Å². The zero-order chi connectivity index (χ0) is 14.4. The number of rotatable bonds is 5. The third-order valence-electron chi connectivity index (χ3n) is 2.69. The lowest BCUT2D eigenvalue weighted by Crippen LogP contribution is -2.15. The molecular weight excluding hydrogens is 250 g/mol. The van der Waals surface area contributed by atoms with Crippen LogP contribution in [0.2, 0.25) is 0 Å². The molecule has 20 heavy (non-hydrogen) atoms. The molecule has 2 N–H and O–H groups in total. The molecule has 0 spiro atoms. The molecule has 1 aromatic carbocycles. The Hall–Kier alpha value is -2.36. The first-order chi connectivity index (χ1) is 9.63. The van der Waals surface area contributed by atoms with Gasteiger partial charge in [0.05, 0.1) is 18.3 Å². The highest BCUT2D eigenvalue weighted by Gasteiger charge is 2.04. The second kappa shape index (κ2) is 6.70. The minimum Gasteiger partial charge on any atom is -0.368 e. The monoisotopic (exact) mass is 269 g/mol. The maximum absolute atomic E-state index is 11.9. The van der Waals surface area contributed by atoms with Crippen LogP contribution in [-0.4, -0.2) is 16.9 Å². The van der Waals surface area contributed by atoms with Crippen molar-refractivity contribution in [3.63, 3.8) is 0 Å². The van der Waals surface area contributed by atoms with Crippen molar-refractivity contribution in [3.05, 3.63) is 54.2 Å². The number of aromatic nitrogens is 1. The summed E-state index contributed by atoms with van der Waals surface area (Å²) in [5, 5.41) is 6.04. The van der Waals surface area contributed by atoms with Crippen molar-refractivity contribution in [1.29, 1.82) is 0 Å². The van der Waals surface area contributed by atoms with E-state index in [1.165, 1.54) is 0 Å². The minimum absolute atomic E-state index is 0.0393. The van der Waals surface area contributed by atoms with E-state index in [1.54, 1.807) is 6.20 Å². The fourth-order valence-electron chi connectivity index (χ4n) is 1.84. The fourth-order valence-corrected chi connectivity index (χ4v) is 1.84. The van der Waals surface area contributed by atoms with Crippen LogP contribution in [0.3, 0.4) is 0 Å². The topological polar surface area (TPSA) is 54.0 Å². The van der Waals surface area contributed by atoms with Crippen molar-refractivity contribution in [3.8, 4) is 0 Å². The molecular formula is C16H19N3O. The number of hydrogen-bond acceptors (Lipinski definition) is 3. The molecule has 4 nitrogen and oxygen atoms in total. The van der Waals surface area contributed by atoms with E-state index >= 15 is 0 Å². The SMILES string of the molecule is CC(C)Nc1ccc(NC(=O)Cc2ccccc2)cn1. The van der Waals surface area contributed by atoms with Crippen molar-refractivity contribution in [2.24, 2.45) is 0 Å². The van der Waals surface area contributed by atoms with Gasteiger partial charge in [-0.3, -0.25) is 4.79 Å². The van der Waals surface area contributed by atoms with Crippen LogP contribution in [-0.2, 0) is 11.2 Å². The normalized spacial score (nSPS) is 10.3. The van der Waals surface area contributed by atoms with Gasteiger partial charge in [-0.1, -0.05) is 30.3 Å². The Balaban J connectivity index is 1.91. The lowest BCUT2D eigenvalue weighted by atomic mass is 10.1. The molecule has 0 atom stereocenters. The smallest absolute Gasteiger partial charge is 0.228 e. The molecule has 1 amide bonds. The number of nitrogens with one attached hydrogen (secondary N) is 2. The number of amides is 1. The molecule has 2 rings (SSSR count). The number of carbonyl (C=O) groups is 1. The number of benzene rings is 1. The van der Waals surface area contributed by atoms with Crippen LogP contribution in [0.15, 0.2) is 48.7 Å². The molecule has 0 aliphatic rings. The summed E-state index contributed by atoms with van der Waals surface area (Å²) in [6, 6.07) is 13.7. The van der Waals surface area contributed by atoms with Gasteiger partial charge in [0.1, 0.15) is 5.82 Å². The van der Waals surface area contributed by atoms with Crippen LogP contribution in [0.25, 0.3) is 0 Å². The standard InChI is InChI=1S/C16H19N3O/c1-12(2)18-15-9-8-14(11-17-15)19-16(20)10-13-6-4-3-5-7-13/h3-9,11-12H,10H2,1-2H3,(H,17,18)(H,19,20). The molecule has 0 saturated carbocycles. The third-order valence-corrected chi connectivity index (χ3v) is 2.69. The summed E-state index contributed by atoms with van der Waals surface area (Å²) in [6.07, 6.45) is 2.03. The lowest BCUT2D eigenvalue weighted by molar-refractivity contribution is -0.115. The summed E-state index contributed by atoms with van der Waals surface area (Å²) in [4.78, 5) is 16.1. The molecule has 0 aliphatic heterocycles. The second-order valence-electron chi connectivity index (χ2n) is 4.94. The van der Waals surface area contributed by atoms with Gasteiger partial charge in [0, 0.05) is 6.04 Å². The molecule has 0 fully saturated rings. The van der Waals surface area contributed by atoms with Crippen molar-refractivity contribution in [1.82, 2.24) is 4.98 Å². The van der Waals surface area contributed by atoms with Crippen LogP contribution in [0.4, 0.5) is 11.5 Å². The van der Waals surface area contributed by atoms with Gasteiger partial charge in [0.15, 0.2) is 0 Å². The van der Waals surface area contributed by atoms with Crippen LogP contribution < -0.4 is 10.6 Å². The van der Waals surface area contributed by atoms with Crippen molar-refractivity contribution in [2.75, 3.05) is 10.6 Å². The molecule has 2 aromatic rings. The van der Waals surface area contributed by atoms with Crippen LogP contribution >= 0.6 is 0 Å². The van der Waals surface area contributed by atoms with E-state index < -0.39 is 0 Å². The van der Waals surface area contributed by atoms with Crippen molar-refractivity contribution in [2.45, 2.75) is 26.3 Å². The van der Waals surface area contributed by atoms with Gasteiger partial charge in [-0.2, -0.15) is 0 Å². The first kappa shape index (κ1) is 14.1. The maximum atomic E-state index is 11.9. The average molecular weight is 269 g/mol. The van der Waals surface area contributed by atoms with E-state index in [4.69, 9.17) is 0 Å². The molecule has 0 unspecified atom stereocenters. The van der Waals surface area contributed by atoms with E-state index in [9.17, 15) is 4.79 Å². The van der Waals surface area contributed by atoms with Crippen molar-refractivity contribution < 1.29 is 4.79 Å². The Morgan fingerprint density at radius 3 is 2.50 bits per heavy atom. The molecule has 0 radical (unpaired) electrons. The summed E-state index contributed by atoms with van der Waals surface area (Å²) >= 11 is 0. The molecule has 0 bridgehead atoms. The highest BCUT2D eigenvalue weighted by atomic mass is 16.1. The molecule has 104 valence electrons. The highest BCUT2D eigenvalue weighted by molar-refractivity contribution is 5.92. The number of anilines is 2. The molecule has 0 aliphatic carbocycles. The predicted molar refractivity (Wildman–Crippen MR) is 81.8 cm³/mol. The Morgan fingerprint density at radius 1 is 1.15 bits per heavy atom. The Labute approximate surface area is 119 Å². The lowest BCUT2D eigenvalue weighted by Gasteiger charge is -2.10. The average Bonchev–Trinajstić information content (AvgIpc) is 2.41. The van der Waals surface area contributed by atoms with E-state index in [0.717, 1.165) is 11.4 Å². The minimum atomic E-state index is -0.0393. The first-order valence-electron chi connectivity index (χ1n) is 6.70. The van der Waals surface area contributed by atoms with Crippen molar-refractivity contribution >= 4 is 17.4 Å². The molecule has 0 saturated heterocycles. The fraction of sp³-hybridized carbons (Fsp3) is 0.250. The quantitative estimate of drug-likeness (QED) is 0.877. The summed E-state index contributed by atoms with van der Waals surface area (Å²) in [7, 11) is 0. The summed E-state index contributed by atoms with van der Waals surface area (Å²) < 4.78 is 0. The Kier molecular flexibility index (Phi) is 4.71. The maximum Gasteiger partial charge on any atom is 0.228 e. The summed E-state index contributed by atoms with van der Waals surface area (Å²) in [5.74, 6) is 0.767. The number of nitrogens with zero attached hydrogens (tertiary/aromatic N) is 1. The predicted octanol–water partition coefficient (Wildman–Crippen LogP) is 3.08. The van der Waals surface area contributed by atoms with Crippen LogP contribution in [0.5, 0.6) is 0 Å². The van der Waals surface area contributed by atoms with Gasteiger partial charge in [-0.15, -0.1) is 0 Å². The Bertz CT molecular complexity index is 550. The number of pyridine rings is 1. The molecule has 1 heterocycles. The van der Waals surface area contributed by atoms with Gasteiger partial charge in [-0.05, 0) is 31.5 Å². The van der Waals surface area contributed by atoms with E-state index in [2.05, 4.69) is 29.5 Å². The summed E-state index contributed by atoms with van der Waals surface area (Å²) in [6.45, 7) is 4.11. The van der Waals surface area contributed by atoms with E-state index in [1.807, 2.05) is 42.5 Å². The van der Waals surface area contributed by atoms with Crippen LogP contribution in [0.1, 0.15) is 19.4 Å². The van der Waals surface area contributed by atoms with Gasteiger partial charge >= 0.3 is 0 Å². The van der Waals surface area contributed by atoms with Gasteiger partial charge in [0.25, 0.3) is 0 Å². The second-order valence-corrected chi connectivity index (χ2v) is 4.94. The zero-order valence-electron chi connectivity index (χ0n) is 11.8. The van der Waals surface area contributed by atoms with Gasteiger partial charge < -0.3 is 10.6 Å². The highest BCUT2D eigenvalue weighted by Crippen LogP contribution is 2.11. The zero-order valence-corrected chi connectivity index (χ0v) is 11.8. The van der Waals surface area contributed by atoms with Gasteiger partial charge in [-0.25, -0.2) is 4.98 Å². The van der Waals surface area contributed by atoms with E-state index in [0.29, 0.717) is 18.2 Å². The van der Waals surface area contributed by atoms with E-state index in [-0.39, 0.29) is 5.91 Å². The Morgan fingerprint density at radius 2 is 1.90 bits per heavy atom.